The van der Waals surface area contributed by atoms with Gasteiger partial charge in [0.25, 0.3) is 0 Å². The summed E-state index contributed by atoms with van der Waals surface area (Å²) in [5, 5.41) is 8.96. The van der Waals surface area contributed by atoms with Gasteiger partial charge in [0.05, 0.1) is 5.75 Å². The maximum Gasteiger partial charge on any atom is 0.326 e. The summed E-state index contributed by atoms with van der Waals surface area (Å²) in [7, 11) is 0. The van der Waals surface area contributed by atoms with Crippen molar-refractivity contribution >= 4 is 23.6 Å². The fourth-order valence-corrected chi connectivity index (χ4v) is 3.64. The lowest BCUT2D eigenvalue weighted by Crippen LogP contribution is -2.41. The van der Waals surface area contributed by atoms with Gasteiger partial charge >= 0.3 is 5.97 Å². The van der Waals surface area contributed by atoms with Crippen molar-refractivity contribution in [1.29, 1.82) is 0 Å². The fraction of sp³-hybridized carbons (Fsp3) is 0.500. The van der Waals surface area contributed by atoms with E-state index in [1.807, 2.05) is 12.1 Å². The van der Waals surface area contributed by atoms with Crippen LogP contribution in [0.5, 0.6) is 0 Å². The molecule has 5 heteroatoms. The van der Waals surface area contributed by atoms with Crippen molar-refractivity contribution in [2.45, 2.75) is 44.5 Å². The Labute approximate surface area is 129 Å². The molecule has 1 aliphatic heterocycles. The number of aliphatic carboxylic acids is 1. The van der Waals surface area contributed by atoms with Crippen molar-refractivity contribution in [1.82, 2.24) is 4.90 Å². The molecule has 1 saturated heterocycles. The number of carboxylic acids is 1. The first-order valence-electron chi connectivity index (χ1n) is 6.98. The van der Waals surface area contributed by atoms with Gasteiger partial charge < -0.3 is 10.0 Å². The summed E-state index contributed by atoms with van der Waals surface area (Å²) in [5.74, 6) is -0.745. The Morgan fingerprint density at radius 3 is 2.38 bits per heavy atom. The average Bonchev–Trinajstić information content (AvgIpc) is 2.78. The number of thioether (sulfide) groups is 1. The highest BCUT2D eigenvalue weighted by atomic mass is 32.2. The molecule has 0 spiro atoms. The van der Waals surface area contributed by atoms with E-state index >= 15 is 0 Å². The van der Waals surface area contributed by atoms with Gasteiger partial charge in [-0.25, -0.2) is 4.79 Å². The van der Waals surface area contributed by atoms with Gasteiger partial charge in [-0.15, -0.1) is 11.8 Å². The van der Waals surface area contributed by atoms with E-state index in [4.69, 9.17) is 0 Å². The summed E-state index contributed by atoms with van der Waals surface area (Å²) < 4.78 is 0. The quantitative estimate of drug-likeness (QED) is 0.932. The van der Waals surface area contributed by atoms with E-state index in [1.165, 1.54) is 22.2 Å². The third-order valence-electron chi connectivity index (χ3n) is 3.74. The van der Waals surface area contributed by atoms with E-state index in [2.05, 4.69) is 32.9 Å². The summed E-state index contributed by atoms with van der Waals surface area (Å²) in [6.45, 7) is 8.00. The molecule has 2 atom stereocenters. The van der Waals surface area contributed by atoms with Gasteiger partial charge in [0, 0.05) is 0 Å². The summed E-state index contributed by atoms with van der Waals surface area (Å²) in [6.07, 6.45) is 0. The largest absolute Gasteiger partial charge is 0.480 e. The van der Waals surface area contributed by atoms with Crippen molar-refractivity contribution in [3.8, 4) is 0 Å². The van der Waals surface area contributed by atoms with Crippen LogP contribution in [0.1, 0.15) is 44.2 Å². The molecule has 2 rings (SSSR count). The lowest BCUT2D eigenvalue weighted by Gasteiger charge is -2.28. The lowest BCUT2D eigenvalue weighted by molar-refractivity contribution is -0.148. The molecule has 1 aromatic rings. The van der Waals surface area contributed by atoms with Gasteiger partial charge in [-0.3, -0.25) is 4.79 Å². The second kappa shape index (κ2) is 5.72. The second-order valence-electron chi connectivity index (χ2n) is 6.35. The average molecular weight is 307 g/mol. The molecule has 0 saturated carbocycles. The molecule has 1 fully saturated rings. The van der Waals surface area contributed by atoms with Crippen molar-refractivity contribution < 1.29 is 14.7 Å². The number of carbonyl (C=O) groups is 2. The topological polar surface area (TPSA) is 57.6 Å². The summed E-state index contributed by atoms with van der Waals surface area (Å²) in [4.78, 5) is 24.6. The number of nitrogens with zero attached hydrogens (tertiary/aromatic N) is 1. The van der Waals surface area contributed by atoms with E-state index in [0.717, 1.165) is 5.56 Å². The van der Waals surface area contributed by atoms with Crippen LogP contribution in [-0.4, -0.2) is 33.7 Å². The predicted molar refractivity (Wildman–Crippen MR) is 84.3 cm³/mol. The summed E-state index contributed by atoms with van der Waals surface area (Å²) >= 11 is 1.48. The predicted octanol–water partition coefficient (Wildman–Crippen LogP) is 3.03. The van der Waals surface area contributed by atoms with Crippen molar-refractivity contribution in [2.24, 2.45) is 0 Å². The minimum atomic E-state index is -0.970. The van der Waals surface area contributed by atoms with Crippen LogP contribution in [0.3, 0.4) is 0 Å². The standard InChI is InChI=1S/C16H21NO3S/c1-10(15(19)20)17-13(18)9-21-14(17)11-5-7-12(8-6-11)16(2,3)4/h5-8,10,14H,9H2,1-4H3,(H,19,20)/t10-,14-/m0/s1. The van der Waals surface area contributed by atoms with Crippen LogP contribution in [0, 0.1) is 0 Å². The minimum absolute atomic E-state index is 0.0746. The normalized spacial score (nSPS) is 20.7. The number of amides is 1. The number of carbonyl (C=O) groups excluding carboxylic acids is 1. The molecule has 0 unspecified atom stereocenters. The van der Waals surface area contributed by atoms with E-state index in [9.17, 15) is 14.7 Å². The van der Waals surface area contributed by atoms with Crippen molar-refractivity contribution in [3.63, 3.8) is 0 Å². The Bertz CT molecular complexity index is 548. The molecule has 4 nitrogen and oxygen atoms in total. The molecule has 0 aliphatic carbocycles. The first-order valence-corrected chi connectivity index (χ1v) is 8.02. The zero-order valence-electron chi connectivity index (χ0n) is 12.8. The monoisotopic (exact) mass is 307 g/mol. The number of hydrogen-bond acceptors (Lipinski definition) is 3. The third kappa shape index (κ3) is 3.23. The van der Waals surface area contributed by atoms with Crippen LogP contribution < -0.4 is 0 Å². The lowest BCUT2D eigenvalue weighted by atomic mass is 9.86. The Morgan fingerprint density at radius 1 is 1.33 bits per heavy atom. The highest BCUT2D eigenvalue weighted by Crippen LogP contribution is 2.40. The number of benzene rings is 1. The van der Waals surface area contributed by atoms with E-state index in [-0.39, 0.29) is 16.7 Å². The first-order chi connectivity index (χ1) is 9.71. The first kappa shape index (κ1) is 15.9. The smallest absolute Gasteiger partial charge is 0.326 e. The van der Waals surface area contributed by atoms with Crippen molar-refractivity contribution in [2.75, 3.05) is 5.75 Å². The third-order valence-corrected chi connectivity index (χ3v) is 4.97. The van der Waals surface area contributed by atoms with Crippen LogP contribution in [0.15, 0.2) is 24.3 Å². The zero-order valence-corrected chi connectivity index (χ0v) is 13.6. The van der Waals surface area contributed by atoms with Crippen LogP contribution in [-0.2, 0) is 15.0 Å². The highest BCUT2D eigenvalue weighted by Gasteiger charge is 2.38. The van der Waals surface area contributed by atoms with Crippen LogP contribution in [0.25, 0.3) is 0 Å². The highest BCUT2D eigenvalue weighted by molar-refractivity contribution is 8.00. The molecule has 1 aliphatic rings. The summed E-state index contributed by atoms with van der Waals surface area (Å²) in [5.41, 5.74) is 2.27. The Balaban J connectivity index is 2.28. The number of hydrogen-bond donors (Lipinski definition) is 1. The molecular weight excluding hydrogens is 286 g/mol. The molecule has 21 heavy (non-hydrogen) atoms. The zero-order chi connectivity index (χ0) is 15.8. The Morgan fingerprint density at radius 2 is 1.90 bits per heavy atom. The van der Waals surface area contributed by atoms with Gasteiger partial charge in [0.2, 0.25) is 5.91 Å². The number of rotatable bonds is 3. The second-order valence-corrected chi connectivity index (χ2v) is 7.42. The molecule has 0 radical (unpaired) electrons. The van der Waals surface area contributed by atoms with Crippen LogP contribution in [0.2, 0.25) is 0 Å². The van der Waals surface area contributed by atoms with Gasteiger partial charge in [-0.2, -0.15) is 0 Å². The van der Waals surface area contributed by atoms with Gasteiger partial charge in [0.1, 0.15) is 11.4 Å². The molecule has 1 heterocycles. The SMILES string of the molecule is C[C@@H](C(=O)O)N1C(=O)CS[C@H]1c1ccc(C(C)(C)C)cc1. The molecule has 1 aromatic carbocycles. The molecule has 0 bridgehead atoms. The Hall–Kier alpha value is -1.49. The molecule has 1 N–H and O–H groups in total. The van der Waals surface area contributed by atoms with Crippen LogP contribution >= 0.6 is 11.8 Å². The van der Waals surface area contributed by atoms with E-state index in [1.54, 1.807) is 6.92 Å². The maximum absolute atomic E-state index is 12.0. The van der Waals surface area contributed by atoms with Crippen LogP contribution in [0.4, 0.5) is 0 Å². The molecular formula is C16H21NO3S. The minimum Gasteiger partial charge on any atom is -0.480 e. The summed E-state index contributed by atoms with van der Waals surface area (Å²) in [6, 6.07) is 7.31. The van der Waals surface area contributed by atoms with Gasteiger partial charge in [-0.05, 0) is 23.5 Å². The van der Waals surface area contributed by atoms with E-state index in [0.29, 0.717) is 5.75 Å². The van der Waals surface area contributed by atoms with Crippen molar-refractivity contribution in [3.05, 3.63) is 35.4 Å². The Kier molecular flexibility index (Phi) is 4.33. The molecule has 114 valence electrons. The van der Waals surface area contributed by atoms with Gasteiger partial charge in [-0.1, -0.05) is 45.0 Å². The fourth-order valence-electron chi connectivity index (χ4n) is 2.38. The molecule has 0 aromatic heterocycles. The van der Waals surface area contributed by atoms with E-state index < -0.39 is 12.0 Å². The molecule has 1 amide bonds. The maximum atomic E-state index is 12.0. The number of carboxylic acid groups (broad SMARTS) is 1. The van der Waals surface area contributed by atoms with Gasteiger partial charge in [0.15, 0.2) is 0 Å².